The lowest BCUT2D eigenvalue weighted by Crippen LogP contribution is -2.48. The van der Waals surface area contributed by atoms with Gasteiger partial charge in [0.2, 0.25) is 5.91 Å². The fourth-order valence-electron chi connectivity index (χ4n) is 3.70. The minimum Gasteiger partial charge on any atom is -0.345 e. The predicted octanol–water partition coefficient (Wildman–Crippen LogP) is 4.30. The first-order chi connectivity index (χ1) is 15.2. The zero-order valence-corrected chi connectivity index (χ0v) is 19.9. The maximum Gasteiger partial charge on any atom is 0.222 e. The summed E-state index contributed by atoms with van der Waals surface area (Å²) in [7, 11) is -3.53. The van der Waals surface area contributed by atoms with E-state index in [0.29, 0.717) is 31.2 Å². The van der Waals surface area contributed by atoms with Crippen LogP contribution in [0.2, 0.25) is 5.02 Å². The van der Waals surface area contributed by atoms with Gasteiger partial charge in [-0.2, -0.15) is 0 Å². The van der Waals surface area contributed by atoms with Gasteiger partial charge in [-0.1, -0.05) is 22.9 Å². The minimum atomic E-state index is -3.53. The normalized spacial score (nSPS) is 14.8. The van der Waals surface area contributed by atoms with Crippen molar-refractivity contribution in [3.63, 3.8) is 0 Å². The van der Waals surface area contributed by atoms with Crippen LogP contribution in [-0.2, 0) is 14.6 Å². The summed E-state index contributed by atoms with van der Waals surface area (Å²) >= 11 is 7.82. The Labute approximate surface area is 195 Å². The summed E-state index contributed by atoms with van der Waals surface area (Å²) in [6.07, 6.45) is 0.399. The van der Waals surface area contributed by atoms with Crippen LogP contribution in [0, 0.1) is 12.7 Å². The molecular formula is C22H23ClFN3O3S2. The van der Waals surface area contributed by atoms with Crippen LogP contribution < -0.4 is 4.90 Å². The van der Waals surface area contributed by atoms with Gasteiger partial charge in [0.15, 0.2) is 15.0 Å². The molecule has 0 bridgehead atoms. The first-order valence-corrected chi connectivity index (χ1v) is 13.2. The summed E-state index contributed by atoms with van der Waals surface area (Å²) in [5.74, 6) is -0.674. The van der Waals surface area contributed by atoms with E-state index in [-0.39, 0.29) is 29.4 Å². The third-order valence-corrected chi connectivity index (χ3v) is 8.92. The fourth-order valence-corrected chi connectivity index (χ4v) is 6.24. The molecule has 1 aliphatic heterocycles. The Hall–Kier alpha value is -2.23. The number of amides is 1. The molecule has 2 aromatic carbocycles. The molecule has 1 fully saturated rings. The Bertz CT molecular complexity index is 1240. The highest BCUT2D eigenvalue weighted by molar-refractivity contribution is 7.91. The van der Waals surface area contributed by atoms with Crippen molar-refractivity contribution in [2.75, 3.05) is 36.8 Å². The molecule has 3 aromatic rings. The number of nitrogens with zero attached hydrogens (tertiary/aromatic N) is 3. The van der Waals surface area contributed by atoms with Crippen LogP contribution in [-0.4, -0.2) is 56.1 Å². The highest BCUT2D eigenvalue weighted by atomic mass is 35.5. The molecule has 2 heterocycles. The number of anilines is 1. The molecule has 1 saturated heterocycles. The number of benzene rings is 2. The number of fused-ring (bicyclic) bond motifs is 1. The van der Waals surface area contributed by atoms with E-state index in [1.54, 1.807) is 16.2 Å². The van der Waals surface area contributed by atoms with Gasteiger partial charge in [-0.15, -0.1) is 0 Å². The van der Waals surface area contributed by atoms with Crippen molar-refractivity contribution in [2.45, 2.75) is 24.7 Å². The molecule has 0 spiro atoms. The molecule has 0 N–H and O–H groups in total. The summed E-state index contributed by atoms with van der Waals surface area (Å²) in [4.78, 5) is 21.3. The van der Waals surface area contributed by atoms with Gasteiger partial charge in [-0.05, 0) is 55.3 Å². The molecule has 1 aromatic heterocycles. The van der Waals surface area contributed by atoms with E-state index in [1.165, 1.54) is 12.1 Å². The van der Waals surface area contributed by atoms with Crippen LogP contribution in [0.5, 0.6) is 0 Å². The minimum absolute atomic E-state index is 0.0501. The Kier molecular flexibility index (Phi) is 6.69. The summed E-state index contributed by atoms with van der Waals surface area (Å²) in [6.45, 7) is 4.44. The van der Waals surface area contributed by atoms with Crippen LogP contribution in [0.1, 0.15) is 18.4 Å². The van der Waals surface area contributed by atoms with Crippen LogP contribution >= 0.6 is 22.9 Å². The van der Waals surface area contributed by atoms with Crippen LogP contribution in [0.25, 0.3) is 10.2 Å². The maximum absolute atomic E-state index is 13.0. The second-order valence-corrected chi connectivity index (χ2v) is 11.3. The second kappa shape index (κ2) is 9.33. The van der Waals surface area contributed by atoms with Gasteiger partial charge < -0.3 is 9.80 Å². The molecule has 1 aliphatic rings. The third-order valence-electron chi connectivity index (χ3n) is 5.62. The van der Waals surface area contributed by atoms with Crippen molar-refractivity contribution in [1.82, 2.24) is 9.88 Å². The number of aromatic nitrogens is 1. The molecule has 0 unspecified atom stereocenters. The van der Waals surface area contributed by atoms with Crippen LogP contribution in [0.4, 0.5) is 9.52 Å². The van der Waals surface area contributed by atoms with Crippen LogP contribution in [0.15, 0.2) is 41.3 Å². The van der Waals surface area contributed by atoms with Gasteiger partial charge >= 0.3 is 0 Å². The smallest absolute Gasteiger partial charge is 0.222 e. The molecule has 6 nitrogen and oxygen atoms in total. The summed E-state index contributed by atoms with van der Waals surface area (Å²) in [6, 6.07) is 8.61. The lowest BCUT2D eigenvalue weighted by atomic mass is 10.2. The monoisotopic (exact) mass is 495 g/mol. The van der Waals surface area contributed by atoms with E-state index in [4.69, 9.17) is 16.6 Å². The van der Waals surface area contributed by atoms with Crippen molar-refractivity contribution in [1.29, 1.82) is 0 Å². The van der Waals surface area contributed by atoms with Crippen molar-refractivity contribution < 1.29 is 17.6 Å². The molecule has 170 valence electrons. The van der Waals surface area contributed by atoms with E-state index >= 15 is 0 Å². The summed E-state index contributed by atoms with van der Waals surface area (Å²) in [5.41, 5.74) is 1.88. The molecular weight excluding hydrogens is 473 g/mol. The van der Waals surface area contributed by atoms with Gasteiger partial charge in [0, 0.05) is 37.6 Å². The standard InChI is InChI=1S/C22H23ClFN3O3S2/c1-15-18(23)8-9-19-21(15)25-22(31-19)27-12-10-26(11-13-27)20(28)3-2-14-32(29,30)17-6-4-16(24)5-7-17/h4-9H,2-3,10-14H2,1H3. The number of sulfone groups is 1. The van der Waals surface area contributed by atoms with Crippen molar-refractivity contribution in [3.8, 4) is 0 Å². The molecule has 4 rings (SSSR count). The van der Waals surface area contributed by atoms with Crippen LogP contribution in [0.3, 0.4) is 0 Å². The largest absolute Gasteiger partial charge is 0.345 e. The van der Waals surface area contributed by atoms with Gasteiger partial charge in [-0.25, -0.2) is 17.8 Å². The Morgan fingerprint density at radius 2 is 1.81 bits per heavy atom. The van der Waals surface area contributed by atoms with Gasteiger partial charge in [0.05, 0.1) is 20.9 Å². The number of halogens is 2. The molecule has 32 heavy (non-hydrogen) atoms. The highest BCUT2D eigenvalue weighted by Gasteiger charge is 2.24. The molecule has 0 atom stereocenters. The molecule has 0 aliphatic carbocycles. The Morgan fingerprint density at radius 3 is 2.50 bits per heavy atom. The van der Waals surface area contributed by atoms with E-state index in [2.05, 4.69) is 4.90 Å². The summed E-state index contributed by atoms with van der Waals surface area (Å²) < 4.78 is 38.8. The lowest BCUT2D eigenvalue weighted by Gasteiger charge is -2.34. The summed E-state index contributed by atoms with van der Waals surface area (Å²) in [5, 5.41) is 1.62. The fraction of sp³-hybridized carbons (Fsp3) is 0.364. The number of carbonyl (C=O) groups excluding carboxylic acids is 1. The molecule has 0 saturated carbocycles. The van der Waals surface area contributed by atoms with E-state index in [1.807, 2.05) is 19.1 Å². The predicted molar refractivity (Wildman–Crippen MR) is 126 cm³/mol. The quantitative estimate of drug-likeness (QED) is 0.477. The van der Waals surface area contributed by atoms with E-state index < -0.39 is 15.7 Å². The SMILES string of the molecule is Cc1c(Cl)ccc2sc(N3CCN(C(=O)CCCS(=O)(=O)c4ccc(F)cc4)CC3)nc12. The Morgan fingerprint density at radius 1 is 1.12 bits per heavy atom. The lowest BCUT2D eigenvalue weighted by molar-refractivity contribution is -0.131. The number of hydrogen-bond donors (Lipinski definition) is 0. The second-order valence-electron chi connectivity index (χ2n) is 7.76. The van der Waals surface area contributed by atoms with Crippen molar-refractivity contribution >= 4 is 54.0 Å². The zero-order chi connectivity index (χ0) is 22.9. The van der Waals surface area contributed by atoms with Gasteiger partial charge in [0.1, 0.15) is 5.82 Å². The average molecular weight is 496 g/mol. The van der Waals surface area contributed by atoms with Crippen molar-refractivity contribution in [2.24, 2.45) is 0 Å². The van der Waals surface area contributed by atoms with Crippen molar-refractivity contribution in [3.05, 3.63) is 52.8 Å². The molecule has 0 radical (unpaired) electrons. The highest BCUT2D eigenvalue weighted by Crippen LogP contribution is 2.33. The maximum atomic E-state index is 13.0. The molecule has 1 amide bonds. The van der Waals surface area contributed by atoms with E-state index in [9.17, 15) is 17.6 Å². The van der Waals surface area contributed by atoms with Gasteiger partial charge in [-0.3, -0.25) is 4.79 Å². The number of aryl methyl sites for hydroxylation is 1. The topological polar surface area (TPSA) is 70.6 Å². The number of thiazole rings is 1. The number of hydrogen-bond acceptors (Lipinski definition) is 6. The number of piperazine rings is 1. The first-order valence-electron chi connectivity index (χ1n) is 10.3. The van der Waals surface area contributed by atoms with Gasteiger partial charge in [0.25, 0.3) is 0 Å². The van der Waals surface area contributed by atoms with E-state index in [0.717, 1.165) is 33.0 Å². The third kappa shape index (κ3) is 4.89. The number of carbonyl (C=O) groups is 1. The number of rotatable bonds is 6. The Balaban J connectivity index is 1.29. The first kappa shape index (κ1) is 22.9. The average Bonchev–Trinajstić information content (AvgIpc) is 3.22. The molecule has 10 heteroatoms. The zero-order valence-electron chi connectivity index (χ0n) is 17.6.